The van der Waals surface area contributed by atoms with E-state index in [1.165, 1.54) is 29.0 Å². The van der Waals surface area contributed by atoms with Gasteiger partial charge in [0.1, 0.15) is 0 Å². The van der Waals surface area contributed by atoms with Crippen LogP contribution in [-0.4, -0.2) is 26.4 Å². The fourth-order valence-electron chi connectivity index (χ4n) is 1.84. The zero-order chi connectivity index (χ0) is 15.6. The Bertz CT molecular complexity index is 668. The summed E-state index contributed by atoms with van der Waals surface area (Å²) in [6.45, 7) is 1.62. The minimum Gasteiger partial charge on any atom is -0.481 e. The number of aromatic nitrogens is 2. The molecule has 2 rings (SSSR count). The molecule has 4 nitrogen and oxygen atoms in total. The number of aliphatic carboxylic acids is 1. The zero-order valence-corrected chi connectivity index (χ0v) is 11.7. The first-order valence-corrected chi connectivity index (χ1v) is 6.85. The van der Waals surface area contributed by atoms with Gasteiger partial charge in [0.05, 0.1) is 17.0 Å². The van der Waals surface area contributed by atoms with Crippen molar-refractivity contribution in [1.29, 1.82) is 0 Å². The maximum atomic E-state index is 13.1. The lowest BCUT2D eigenvalue weighted by molar-refractivity contribution is -0.137. The monoisotopic (exact) mass is 316 g/mol. The predicted molar refractivity (Wildman–Crippen MR) is 71.7 cm³/mol. The van der Waals surface area contributed by atoms with Gasteiger partial charge >= 0.3 is 12.1 Å². The summed E-state index contributed by atoms with van der Waals surface area (Å²) in [5.74, 6) is -1.33. The standard InChI is InChI=1S/C13H11F3N2O2S/c1-8-6-17-12(21-7-11(19)20)18(8)10-5-3-2-4-9(10)13(14,15)16/h2-6H,7H2,1H3,(H,19,20). The summed E-state index contributed by atoms with van der Waals surface area (Å²) in [6.07, 6.45) is -3.08. The van der Waals surface area contributed by atoms with Crippen LogP contribution in [0.15, 0.2) is 35.6 Å². The molecular formula is C13H11F3N2O2S. The topological polar surface area (TPSA) is 55.1 Å². The second kappa shape index (κ2) is 5.80. The van der Waals surface area contributed by atoms with Crippen molar-refractivity contribution >= 4 is 17.7 Å². The van der Waals surface area contributed by atoms with Gasteiger partial charge in [-0.05, 0) is 19.1 Å². The molecule has 2 aromatic rings. The molecular weight excluding hydrogens is 305 g/mol. The lowest BCUT2D eigenvalue weighted by Crippen LogP contribution is -2.12. The number of carboxylic acid groups (broad SMARTS) is 1. The van der Waals surface area contributed by atoms with E-state index in [2.05, 4.69) is 4.98 Å². The summed E-state index contributed by atoms with van der Waals surface area (Å²) in [6, 6.07) is 5.13. The van der Waals surface area contributed by atoms with Gasteiger partial charge in [-0.25, -0.2) is 4.98 Å². The van der Waals surface area contributed by atoms with Crippen LogP contribution in [0.1, 0.15) is 11.3 Å². The number of nitrogens with zero attached hydrogens (tertiary/aromatic N) is 2. The Hall–Kier alpha value is -1.96. The third-order valence-corrected chi connectivity index (χ3v) is 3.62. The summed E-state index contributed by atoms with van der Waals surface area (Å²) in [7, 11) is 0. The van der Waals surface area contributed by atoms with Crippen LogP contribution in [0.5, 0.6) is 0 Å². The normalized spacial score (nSPS) is 11.6. The van der Waals surface area contributed by atoms with Crippen molar-refractivity contribution in [2.75, 3.05) is 5.75 Å². The SMILES string of the molecule is Cc1cnc(SCC(=O)O)n1-c1ccccc1C(F)(F)F. The molecule has 1 aromatic carbocycles. The lowest BCUT2D eigenvalue weighted by atomic mass is 10.1. The van der Waals surface area contributed by atoms with Gasteiger partial charge in [0, 0.05) is 11.9 Å². The number of imidazole rings is 1. The number of carbonyl (C=O) groups is 1. The number of thioether (sulfide) groups is 1. The van der Waals surface area contributed by atoms with Gasteiger partial charge in [0.15, 0.2) is 5.16 Å². The molecule has 0 aliphatic carbocycles. The van der Waals surface area contributed by atoms with E-state index in [1.54, 1.807) is 6.92 Å². The number of aryl methyl sites for hydroxylation is 1. The Morgan fingerprint density at radius 1 is 1.38 bits per heavy atom. The van der Waals surface area contributed by atoms with Gasteiger partial charge in [-0.15, -0.1) is 0 Å². The van der Waals surface area contributed by atoms with Crippen molar-refractivity contribution in [3.8, 4) is 5.69 Å². The fraction of sp³-hybridized carbons (Fsp3) is 0.231. The smallest absolute Gasteiger partial charge is 0.418 e. The van der Waals surface area contributed by atoms with Crippen LogP contribution in [0.4, 0.5) is 13.2 Å². The fourth-order valence-corrected chi connectivity index (χ4v) is 2.60. The van der Waals surface area contributed by atoms with Crippen molar-refractivity contribution in [1.82, 2.24) is 9.55 Å². The molecule has 1 N–H and O–H groups in total. The van der Waals surface area contributed by atoms with E-state index in [0.29, 0.717) is 5.69 Å². The van der Waals surface area contributed by atoms with Gasteiger partial charge in [0.25, 0.3) is 0 Å². The average Bonchev–Trinajstić information content (AvgIpc) is 2.76. The second-order valence-corrected chi connectivity index (χ2v) is 5.16. The average molecular weight is 316 g/mol. The molecule has 0 bridgehead atoms. The minimum atomic E-state index is -4.50. The number of benzene rings is 1. The number of halogens is 3. The number of alkyl halides is 3. The Morgan fingerprint density at radius 3 is 2.67 bits per heavy atom. The molecule has 0 atom stereocenters. The molecule has 1 aromatic heterocycles. The van der Waals surface area contributed by atoms with Crippen molar-refractivity contribution in [3.05, 3.63) is 41.7 Å². The van der Waals surface area contributed by atoms with Crippen LogP contribution in [0.2, 0.25) is 0 Å². The van der Waals surface area contributed by atoms with Crippen LogP contribution in [0.3, 0.4) is 0 Å². The summed E-state index contributed by atoms with van der Waals surface area (Å²) in [5.41, 5.74) is -0.351. The maximum Gasteiger partial charge on any atom is 0.418 e. The Kier molecular flexibility index (Phi) is 4.26. The van der Waals surface area contributed by atoms with E-state index >= 15 is 0 Å². The van der Waals surface area contributed by atoms with E-state index in [4.69, 9.17) is 5.11 Å². The van der Waals surface area contributed by atoms with Crippen molar-refractivity contribution in [2.24, 2.45) is 0 Å². The third-order valence-electron chi connectivity index (χ3n) is 2.68. The number of rotatable bonds is 4. The molecule has 0 radical (unpaired) electrons. The first kappa shape index (κ1) is 15.4. The highest BCUT2D eigenvalue weighted by Crippen LogP contribution is 2.35. The van der Waals surface area contributed by atoms with E-state index < -0.39 is 17.7 Å². The predicted octanol–water partition coefficient (Wildman–Crippen LogP) is 3.38. The van der Waals surface area contributed by atoms with Gasteiger partial charge in [-0.1, -0.05) is 23.9 Å². The summed E-state index contributed by atoms with van der Waals surface area (Å²) in [4.78, 5) is 14.6. The van der Waals surface area contributed by atoms with Crippen molar-refractivity contribution < 1.29 is 23.1 Å². The van der Waals surface area contributed by atoms with Crippen LogP contribution >= 0.6 is 11.8 Å². The number of para-hydroxylation sites is 1. The van der Waals surface area contributed by atoms with Crippen LogP contribution < -0.4 is 0 Å². The Labute approximate surface area is 122 Å². The van der Waals surface area contributed by atoms with Gasteiger partial charge in [0.2, 0.25) is 0 Å². The van der Waals surface area contributed by atoms with E-state index in [0.717, 1.165) is 17.8 Å². The molecule has 8 heteroatoms. The van der Waals surface area contributed by atoms with Crippen molar-refractivity contribution in [3.63, 3.8) is 0 Å². The molecule has 21 heavy (non-hydrogen) atoms. The Balaban J connectivity index is 2.52. The number of hydrogen-bond acceptors (Lipinski definition) is 3. The minimum absolute atomic E-state index is 0.0621. The third kappa shape index (κ3) is 3.38. The molecule has 0 saturated heterocycles. The highest BCUT2D eigenvalue weighted by atomic mass is 32.2. The van der Waals surface area contributed by atoms with Gasteiger partial charge < -0.3 is 5.11 Å². The summed E-state index contributed by atoms with van der Waals surface area (Å²) >= 11 is 0.875. The molecule has 0 aliphatic heterocycles. The van der Waals surface area contributed by atoms with Crippen molar-refractivity contribution in [2.45, 2.75) is 18.3 Å². The first-order chi connectivity index (χ1) is 9.80. The van der Waals surface area contributed by atoms with Crippen LogP contribution in [-0.2, 0) is 11.0 Å². The number of hydrogen-bond donors (Lipinski definition) is 1. The molecule has 1 heterocycles. The zero-order valence-electron chi connectivity index (χ0n) is 10.9. The molecule has 0 aliphatic rings. The van der Waals surface area contributed by atoms with Crippen LogP contribution in [0.25, 0.3) is 5.69 Å². The molecule has 0 amide bonds. The van der Waals surface area contributed by atoms with E-state index in [-0.39, 0.29) is 16.6 Å². The van der Waals surface area contributed by atoms with E-state index in [9.17, 15) is 18.0 Å². The lowest BCUT2D eigenvalue weighted by Gasteiger charge is -2.16. The second-order valence-electron chi connectivity index (χ2n) is 4.21. The molecule has 112 valence electrons. The highest BCUT2D eigenvalue weighted by molar-refractivity contribution is 7.99. The summed E-state index contributed by atoms with van der Waals surface area (Å²) < 4.78 is 40.6. The molecule has 0 unspecified atom stereocenters. The van der Waals surface area contributed by atoms with Gasteiger partial charge in [-0.2, -0.15) is 13.2 Å². The van der Waals surface area contributed by atoms with E-state index in [1.807, 2.05) is 0 Å². The maximum absolute atomic E-state index is 13.1. The molecule has 0 saturated carbocycles. The Morgan fingerprint density at radius 2 is 2.05 bits per heavy atom. The quantitative estimate of drug-likeness (QED) is 0.879. The highest BCUT2D eigenvalue weighted by Gasteiger charge is 2.34. The molecule has 0 spiro atoms. The first-order valence-electron chi connectivity index (χ1n) is 5.86. The molecule has 0 fully saturated rings. The van der Waals surface area contributed by atoms with Gasteiger partial charge in [-0.3, -0.25) is 9.36 Å². The largest absolute Gasteiger partial charge is 0.481 e. The van der Waals surface area contributed by atoms with Crippen LogP contribution in [0, 0.1) is 6.92 Å². The summed E-state index contributed by atoms with van der Waals surface area (Å²) in [5, 5.41) is 8.90. The number of carboxylic acids is 1.